The monoisotopic (exact) mass is 422 g/mol. The van der Waals surface area contributed by atoms with Gasteiger partial charge in [0.25, 0.3) is 0 Å². The van der Waals surface area contributed by atoms with Crippen molar-refractivity contribution in [1.29, 1.82) is 0 Å². The van der Waals surface area contributed by atoms with Crippen LogP contribution < -0.4 is 10.2 Å². The van der Waals surface area contributed by atoms with Gasteiger partial charge in [0.15, 0.2) is 5.82 Å². The Morgan fingerprint density at radius 2 is 1.83 bits per heavy atom. The van der Waals surface area contributed by atoms with E-state index in [1.54, 1.807) is 24.2 Å². The van der Waals surface area contributed by atoms with Gasteiger partial charge in [-0.15, -0.1) is 0 Å². The molecule has 2 aromatic heterocycles. The van der Waals surface area contributed by atoms with Crippen molar-refractivity contribution >= 4 is 23.5 Å². The first-order chi connectivity index (χ1) is 14.6. The van der Waals surface area contributed by atoms with E-state index >= 15 is 0 Å². The highest BCUT2D eigenvalue weighted by molar-refractivity contribution is 7.99. The molecule has 156 valence electrons. The zero-order chi connectivity index (χ0) is 20.9. The summed E-state index contributed by atoms with van der Waals surface area (Å²) in [4.78, 5) is 25.1. The number of furan rings is 1. The van der Waals surface area contributed by atoms with Crippen LogP contribution in [0.25, 0.3) is 0 Å². The number of aromatic nitrogens is 2. The molecule has 0 atom stereocenters. The van der Waals surface area contributed by atoms with E-state index in [0.717, 1.165) is 53.2 Å². The molecule has 0 aliphatic carbocycles. The van der Waals surface area contributed by atoms with E-state index in [2.05, 4.69) is 51.4 Å². The van der Waals surface area contributed by atoms with Gasteiger partial charge in [-0.2, -0.15) is 0 Å². The zero-order valence-electron chi connectivity index (χ0n) is 17.3. The summed E-state index contributed by atoms with van der Waals surface area (Å²) in [5.41, 5.74) is 1.24. The van der Waals surface area contributed by atoms with Gasteiger partial charge in [-0.05, 0) is 51.0 Å². The number of hydrogen-bond donors (Lipinski definition) is 1. The van der Waals surface area contributed by atoms with E-state index < -0.39 is 0 Å². The van der Waals surface area contributed by atoms with Gasteiger partial charge in [-0.25, -0.2) is 9.97 Å². The molecular weight excluding hydrogens is 396 g/mol. The Bertz CT molecular complexity index is 994. The Kier molecular flexibility index (Phi) is 6.38. The van der Waals surface area contributed by atoms with Crippen molar-refractivity contribution in [2.75, 3.05) is 18.0 Å². The molecule has 1 aliphatic heterocycles. The van der Waals surface area contributed by atoms with E-state index in [9.17, 15) is 4.79 Å². The second-order valence-electron chi connectivity index (χ2n) is 7.59. The fourth-order valence-corrected chi connectivity index (χ4v) is 4.46. The second kappa shape index (κ2) is 9.34. The van der Waals surface area contributed by atoms with Gasteiger partial charge < -0.3 is 14.6 Å². The minimum atomic E-state index is 0.0159. The molecule has 1 saturated heterocycles. The molecule has 0 unspecified atom stereocenters. The van der Waals surface area contributed by atoms with Gasteiger partial charge in [-0.3, -0.25) is 4.79 Å². The van der Waals surface area contributed by atoms with Crippen molar-refractivity contribution in [2.24, 2.45) is 5.92 Å². The Hall–Kier alpha value is -2.80. The maximum absolute atomic E-state index is 12.6. The van der Waals surface area contributed by atoms with Gasteiger partial charge in [0, 0.05) is 36.3 Å². The quantitative estimate of drug-likeness (QED) is 0.636. The van der Waals surface area contributed by atoms with Crippen molar-refractivity contribution in [3.63, 3.8) is 0 Å². The largest absolute Gasteiger partial charge is 0.465 e. The molecule has 4 rings (SSSR count). The molecule has 1 N–H and O–H groups in total. The van der Waals surface area contributed by atoms with Crippen LogP contribution in [0.4, 0.5) is 5.82 Å². The molecule has 1 aliphatic rings. The van der Waals surface area contributed by atoms with Gasteiger partial charge in [-0.1, -0.05) is 29.5 Å². The normalized spacial score (nSPS) is 14.7. The van der Waals surface area contributed by atoms with Crippen LogP contribution in [-0.2, 0) is 11.3 Å². The summed E-state index contributed by atoms with van der Waals surface area (Å²) in [6, 6.07) is 12.2. The first-order valence-electron chi connectivity index (χ1n) is 10.2. The van der Waals surface area contributed by atoms with Gasteiger partial charge >= 0.3 is 0 Å². The van der Waals surface area contributed by atoms with E-state index in [4.69, 9.17) is 4.42 Å². The highest BCUT2D eigenvalue weighted by Crippen LogP contribution is 2.34. The lowest BCUT2D eigenvalue weighted by atomic mass is 9.96. The molecule has 3 aromatic rings. The van der Waals surface area contributed by atoms with Gasteiger partial charge in [0.05, 0.1) is 6.54 Å². The summed E-state index contributed by atoms with van der Waals surface area (Å²) < 4.78 is 5.52. The molecule has 1 amide bonds. The van der Waals surface area contributed by atoms with Crippen LogP contribution in [0.1, 0.15) is 29.9 Å². The summed E-state index contributed by atoms with van der Waals surface area (Å²) in [6.45, 7) is 6.00. The number of carbonyl (C=O) groups excluding carboxylic acids is 1. The van der Waals surface area contributed by atoms with Crippen LogP contribution in [0.15, 0.2) is 63.1 Å². The number of benzene rings is 1. The molecule has 3 heterocycles. The topological polar surface area (TPSA) is 71.3 Å². The number of aryl methyl sites for hydroxylation is 2. The highest BCUT2D eigenvalue weighted by Gasteiger charge is 2.27. The number of carbonyl (C=O) groups is 1. The molecule has 7 heteroatoms. The zero-order valence-corrected chi connectivity index (χ0v) is 18.1. The van der Waals surface area contributed by atoms with E-state index in [-0.39, 0.29) is 11.8 Å². The molecule has 1 aromatic carbocycles. The summed E-state index contributed by atoms with van der Waals surface area (Å²) >= 11 is 1.63. The van der Waals surface area contributed by atoms with Gasteiger partial charge in [0.2, 0.25) is 5.91 Å². The van der Waals surface area contributed by atoms with Crippen LogP contribution in [0.3, 0.4) is 0 Å². The van der Waals surface area contributed by atoms with Crippen LogP contribution in [0.2, 0.25) is 0 Å². The van der Waals surface area contributed by atoms with Crippen LogP contribution >= 0.6 is 11.8 Å². The third kappa shape index (κ3) is 5.02. The van der Waals surface area contributed by atoms with Crippen molar-refractivity contribution in [1.82, 2.24) is 15.3 Å². The third-order valence-electron chi connectivity index (χ3n) is 5.28. The van der Waals surface area contributed by atoms with Crippen molar-refractivity contribution < 1.29 is 9.21 Å². The minimum absolute atomic E-state index is 0.0159. The summed E-state index contributed by atoms with van der Waals surface area (Å²) in [7, 11) is 0. The Morgan fingerprint density at radius 1 is 1.10 bits per heavy atom. The number of rotatable bonds is 6. The first kappa shape index (κ1) is 20.5. The number of amides is 1. The lowest BCUT2D eigenvalue weighted by molar-refractivity contribution is -0.125. The first-order valence-corrected chi connectivity index (χ1v) is 11.0. The fourth-order valence-electron chi connectivity index (χ4n) is 3.58. The van der Waals surface area contributed by atoms with Crippen molar-refractivity contribution in [2.45, 2.75) is 43.2 Å². The van der Waals surface area contributed by atoms with Crippen molar-refractivity contribution in [3.05, 3.63) is 65.9 Å². The maximum atomic E-state index is 12.6. The number of nitrogens with one attached hydrogen (secondary N) is 1. The standard InChI is InChI=1S/C23H26N4O2S/c1-16-3-7-20(8-4-16)30-23-21(24-11-12-25-23)27-13-9-18(10-14-27)22(28)26-15-19-6-5-17(2)29-19/h3-8,11-12,18H,9-10,13-15H2,1-2H3,(H,26,28). The van der Waals surface area contributed by atoms with Crippen LogP contribution in [0.5, 0.6) is 0 Å². The molecule has 1 fully saturated rings. The van der Waals surface area contributed by atoms with Crippen LogP contribution in [-0.4, -0.2) is 29.0 Å². The molecule has 6 nitrogen and oxygen atoms in total. The average Bonchev–Trinajstić information content (AvgIpc) is 3.19. The predicted octanol–water partition coefficient (Wildman–Crippen LogP) is 4.37. The average molecular weight is 423 g/mol. The Balaban J connectivity index is 1.34. The SMILES string of the molecule is Cc1ccc(Sc2nccnc2N2CCC(C(=O)NCc3ccc(C)o3)CC2)cc1. The predicted molar refractivity (Wildman–Crippen MR) is 118 cm³/mol. The highest BCUT2D eigenvalue weighted by atomic mass is 32.2. The van der Waals surface area contributed by atoms with Crippen molar-refractivity contribution in [3.8, 4) is 0 Å². The van der Waals surface area contributed by atoms with E-state index in [1.165, 1.54) is 5.56 Å². The lowest BCUT2D eigenvalue weighted by Crippen LogP contribution is -2.40. The van der Waals surface area contributed by atoms with E-state index in [1.807, 2.05) is 19.1 Å². The summed E-state index contributed by atoms with van der Waals surface area (Å²) in [5.74, 6) is 2.65. The Labute approximate surface area is 181 Å². The minimum Gasteiger partial charge on any atom is -0.465 e. The fraction of sp³-hybridized carbons (Fsp3) is 0.348. The molecule has 0 saturated carbocycles. The molecular formula is C23H26N4O2S. The number of piperidine rings is 1. The molecule has 0 bridgehead atoms. The summed E-state index contributed by atoms with van der Waals surface area (Å²) in [5, 5.41) is 3.90. The van der Waals surface area contributed by atoms with Gasteiger partial charge in [0.1, 0.15) is 16.5 Å². The Morgan fingerprint density at radius 3 is 2.53 bits per heavy atom. The number of hydrogen-bond acceptors (Lipinski definition) is 6. The molecule has 0 radical (unpaired) electrons. The maximum Gasteiger partial charge on any atom is 0.223 e. The smallest absolute Gasteiger partial charge is 0.223 e. The van der Waals surface area contributed by atoms with Crippen LogP contribution in [0, 0.1) is 19.8 Å². The summed E-state index contributed by atoms with van der Waals surface area (Å²) in [6.07, 6.45) is 5.07. The third-order valence-corrected chi connectivity index (χ3v) is 6.27. The van der Waals surface area contributed by atoms with E-state index in [0.29, 0.717) is 6.54 Å². The molecule has 30 heavy (non-hydrogen) atoms. The number of nitrogens with zero attached hydrogens (tertiary/aromatic N) is 3. The molecule has 0 spiro atoms. The number of anilines is 1. The second-order valence-corrected chi connectivity index (χ2v) is 8.65. The lowest BCUT2D eigenvalue weighted by Gasteiger charge is -2.32.